The van der Waals surface area contributed by atoms with Gasteiger partial charge in [0, 0.05) is 29.5 Å². The molecule has 2 heterocycles. The first-order valence-electron chi connectivity index (χ1n) is 8.25. The van der Waals surface area contributed by atoms with Crippen molar-refractivity contribution in [3.63, 3.8) is 0 Å². The van der Waals surface area contributed by atoms with E-state index in [1.807, 2.05) is 48.9 Å². The molecule has 3 aromatic rings. The van der Waals surface area contributed by atoms with Gasteiger partial charge < -0.3 is 14.0 Å². The fourth-order valence-electron chi connectivity index (χ4n) is 2.81. The van der Waals surface area contributed by atoms with E-state index in [0.717, 1.165) is 27.7 Å². The van der Waals surface area contributed by atoms with Gasteiger partial charge in [-0.1, -0.05) is 42.1 Å². The minimum Gasteiger partial charge on any atom is -0.460 e. The average molecular weight is 371 g/mol. The Morgan fingerprint density at radius 2 is 2.04 bits per heavy atom. The molecule has 26 heavy (non-hydrogen) atoms. The van der Waals surface area contributed by atoms with Gasteiger partial charge in [-0.2, -0.15) is 0 Å². The highest BCUT2D eigenvalue weighted by Gasteiger charge is 2.25. The Morgan fingerprint density at radius 1 is 1.23 bits per heavy atom. The third-order valence-corrected chi connectivity index (χ3v) is 5.37. The van der Waals surface area contributed by atoms with Crippen molar-refractivity contribution in [2.24, 2.45) is 7.05 Å². The van der Waals surface area contributed by atoms with Crippen molar-refractivity contribution in [1.82, 2.24) is 14.8 Å². The van der Waals surface area contributed by atoms with E-state index in [4.69, 9.17) is 9.47 Å². The zero-order chi connectivity index (χ0) is 18.1. The highest BCUT2D eigenvalue weighted by atomic mass is 32.2. The van der Waals surface area contributed by atoms with Gasteiger partial charge in [0.1, 0.15) is 17.4 Å². The second-order valence-electron chi connectivity index (χ2n) is 6.10. The number of nitrogens with zero attached hydrogens (tertiary/aromatic N) is 3. The largest absolute Gasteiger partial charge is 0.460 e. The summed E-state index contributed by atoms with van der Waals surface area (Å²) in [6.07, 6.45) is -0.491. The Kier molecular flexibility index (Phi) is 4.65. The number of halogens is 1. The number of hydrogen-bond acceptors (Lipinski definition) is 5. The molecule has 7 heteroatoms. The van der Waals surface area contributed by atoms with Crippen LogP contribution in [0.4, 0.5) is 4.39 Å². The van der Waals surface area contributed by atoms with Crippen LogP contribution in [0.25, 0.3) is 0 Å². The molecule has 0 fully saturated rings. The second kappa shape index (κ2) is 7.09. The topological polar surface area (TPSA) is 49.2 Å². The lowest BCUT2D eigenvalue weighted by atomic mass is 10.1. The van der Waals surface area contributed by atoms with Crippen LogP contribution in [0.2, 0.25) is 0 Å². The van der Waals surface area contributed by atoms with E-state index < -0.39 is 6.29 Å². The number of hydrogen-bond donors (Lipinski definition) is 0. The van der Waals surface area contributed by atoms with Gasteiger partial charge in [0.15, 0.2) is 5.16 Å². The fourth-order valence-corrected chi connectivity index (χ4v) is 3.74. The van der Waals surface area contributed by atoms with Crippen molar-refractivity contribution in [3.05, 3.63) is 70.8 Å². The predicted octanol–water partition coefficient (Wildman–Crippen LogP) is 4.16. The summed E-state index contributed by atoms with van der Waals surface area (Å²) in [4.78, 5) is 0. The lowest BCUT2D eigenvalue weighted by Crippen LogP contribution is -2.19. The molecule has 1 atom stereocenters. The number of thioether (sulfide) groups is 1. The van der Waals surface area contributed by atoms with Crippen molar-refractivity contribution in [3.8, 4) is 5.75 Å². The Bertz CT molecular complexity index is 930. The molecule has 0 N–H and O–H groups in total. The van der Waals surface area contributed by atoms with Crippen molar-refractivity contribution >= 4 is 11.8 Å². The number of ether oxygens (including phenoxy) is 2. The number of aryl methyl sites for hydroxylation is 1. The molecule has 134 valence electrons. The molecule has 0 amide bonds. The van der Waals surface area contributed by atoms with Crippen LogP contribution >= 0.6 is 11.8 Å². The smallest absolute Gasteiger partial charge is 0.227 e. The summed E-state index contributed by atoms with van der Waals surface area (Å²) in [6.45, 7) is 2.21. The van der Waals surface area contributed by atoms with E-state index in [1.165, 1.54) is 23.9 Å². The minimum absolute atomic E-state index is 0.293. The van der Waals surface area contributed by atoms with Gasteiger partial charge in [0.05, 0.1) is 6.61 Å². The van der Waals surface area contributed by atoms with Crippen LogP contribution in [0, 0.1) is 12.7 Å². The maximum Gasteiger partial charge on any atom is 0.227 e. The Hall–Kier alpha value is -2.38. The molecular formula is C19H18FN3O2S. The average Bonchev–Trinajstić information content (AvgIpc) is 2.98. The standard InChI is InChI=1S/C19H18FN3O2S/c1-12-21-22-19(23(12)2)26-11-15-9-16(20)8-14-10-24-18(25-17(14)15)13-6-4-3-5-7-13/h3-9,18H,10-11H2,1-2H3/t18-/m0/s1. The number of fused-ring (bicyclic) bond motifs is 1. The molecule has 0 saturated carbocycles. The fraction of sp³-hybridized carbons (Fsp3) is 0.263. The molecule has 0 saturated heterocycles. The molecule has 0 unspecified atom stereocenters. The molecule has 0 bridgehead atoms. The van der Waals surface area contributed by atoms with Gasteiger partial charge in [0.25, 0.3) is 0 Å². The van der Waals surface area contributed by atoms with Crippen LogP contribution in [0.3, 0.4) is 0 Å². The van der Waals surface area contributed by atoms with Gasteiger partial charge in [-0.25, -0.2) is 4.39 Å². The zero-order valence-corrected chi connectivity index (χ0v) is 15.3. The van der Waals surface area contributed by atoms with E-state index in [0.29, 0.717) is 18.1 Å². The Balaban J connectivity index is 1.60. The maximum absolute atomic E-state index is 14.0. The molecular weight excluding hydrogens is 353 g/mol. The molecule has 1 aromatic heterocycles. The van der Waals surface area contributed by atoms with Gasteiger partial charge in [-0.3, -0.25) is 0 Å². The van der Waals surface area contributed by atoms with Gasteiger partial charge in [0.2, 0.25) is 6.29 Å². The summed E-state index contributed by atoms with van der Waals surface area (Å²) < 4.78 is 27.8. The van der Waals surface area contributed by atoms with E-state index in [2.05, 4.69) is 10.2 Å². The van der Waals surface area contributed by atoms with Crippen molar-refractivity contribution < 1.29 is 13.9 Å². The summed E-state index contributed by atoms with van der Waals surface area (Å²) in [6, 6.07) is 12.7. The first kappa shape index (κ1) is 17.1. The summed E-state index contributed by atoms with van der Waals surface area (Å²) in [5.74, 6) is 1.77. The lowest BCUT2D eigenvalue weighted by molar-refractivity contribution is -0.112. The van der Waals surface area contributed by atoms with Gasteiger partial charge in [-0.05, 0) is 19.1 Å². The van der Waals surface area contributed by atoms with E-state index >= 15 is 0 Å². The molecule has 1 aliphatic heterocycles. The molecule has 0 aliphatic carbocycles. The highest BCUT2D eigenvalue weighted by Crippen LogP contribution is 2.38. The molecule has 0 radical (unpaired) electrons. The normalized spacial score (nSPS) is 16.2. The summed E-state index contributed by atoms with van der Waals surface area (Å²) in [5, 5.41) is 8.98. The maximum atomic E-state index is 14.0. The van der Waals surface area contributed by atoms with Gasteiger partial charge in [-0.15, -0.1) is 10.2 Å². The van der Waals surface area contributed by atoms with Gasteiger partial charge >= 0.3 is 0 Å². The predicted molar refractivity (Wildman–Crippen MR) is 96.3 cm³/mol. The van der Waals surface area contributed by atoms with E-state index in [1.54, 1.807) is 0 Å². The second-order valence-corrected chi connectivity index (χ2v) is 7.04. The monoisotopic (exact) mass is 371 g/mol. The van der Waals surface area contributed by atoms with E-state index in [9.17, 15) is 4.39 Å². The lowest BCUT2D eigenvalue weighted by Gasteiger charge is -2.28. The van der Waals surface area contributed by atoms with Crippen LogP contribution in [0.15, 0.2) is 47.6 Å². The van der Waals surface area contributed by atoms with Crippen molar-refractivity contribution in [1.29, 1.82) is 0 Å². The quantitative estimate of drug-likeness (QED) is 0.645. The first-order valence-corrected chi connectivity index (χ1v) is 9.23. The molecule has 2 aromatic carbocycles. The zero-order valence-electron chi connectivity index (χ0n) is 14.5. The van der Waals surface area contributed by atoms with Crippen LogP contribution in [-0.2, 0) is 24.1 Å². The molecule has 1 aliphatic rings. The number of benzene rings is 2. The summed E-state index contributed by atoms with van der Waals surface area (Å²) in [5.41, 5.74) is 2.45. The minimum atomic E-state index is -0.491. The summed E-state index contributed by atoms with van der Waals surface area (Å²) >= 11 is 1.50. The van der Waals surface area contributed by atoms with Crippen molar-refractivity contribution in [2.75, 3.05) is 0 Å². The van der Waals surface area contributed by atoms with Crippen LogP contribution in [-0.4, -0.2) is 14.8 Å². The third-order valence-electron chi connectivity index (χ3n) is 4.30. The SMILES string of the molecule is Cc1nnc(SCc2cc(F)cc3c2O[C@@H](c2ccccc2)OC3)n1C. The Morgan fingerprint density at radius 3 is 2.77 bits per heavy atom. The number of rotatable bonds is 4. The van der Waals surface area contributed by atoms with Crippen LogP contribution < -0.4 is 4.74 Å². The van der Waals surface area contributed by atoms with Crippen molar-refractivity contribution in [2.45, 2.75) is 30.7 Å². The first-order chi connectivity index (χ1) is 12.6. The Labute approximate surface area is 155 Å². The highest BCUT2D eigenvalue weighted by molar-refractivity contribution is 7.98. The van der Waals surface area contributed by atoms with E-state index in [-0.39, 0.29) is 5.82 Å². The third kappa shape index (κ3) is 3.32. The molecule has 4 rings (SSSR count). The van der Waals surface area contributed by atoms with Crippen LogP contribution in [0.5, 0.6) is 5.75 Å². The molecule has 5 nitrogen and oxygen atoms in total. The molecule has 0 spiro atoms. The van der Waals surface area contributed by atoms with Crippen LogP contribution in [0.1, 0.15) is 28.8 Å². The number of aromatic nitrogens is 3. The summed E-state index contributed by atoms with van der Waals surface area (Å²) in [7, 11) is 1.91.